The van der Waals surface area contributed by atoms with Gasteiger partial charge in [0.2, 0.25) is 5.91 Å². The van der Waals surface area contributed by atoms with Crippen molar-refractivity contribution in [2.75, 3.05) is 7.05 Å². The number of amides is 3. The third kappa shape index (κ3) is 6.72. The molecular weight excluding hydrogens is 436 g/mol. The first kappa shape index (κ1) is 26.2. The van der Waals surface area contributed by atoms with Crippen molar-refractivity contribution in [3.8, 4) is 0 Å². The Balaban J connectivity index is 2.12. The first-order valence-electron chi connectivity index (χ1n) is 10.8. The Morgan fingerprint density at radius 2 is 2.00 bits per heavy atom. The minimum absolute atomic E-state index is 0.170. The largest absolute Gasteiger partial charge is 0.390 e. The summed E-state index contributed by atoms with van der Waals surface area (Å²) in [7, 11) is 1.76. The van der Waals surface area contributed by atoms with E-state index in [-0.39, 0.29) is 24.7 Å². The Morgan fingerprint density at radius 1 is 1.31 bits per heavy atom. The topological polar surface area (TPSA) is 179 Å². The smallest absolute Gasteiger partial charge is 0.278 e. The zero-order chi connectivity index (χ0) is 24.1. The van der Waals surface area contributed by atoms with E-state index in [2.05, 4.69) is 10.6 Å². The number of nitrogens with two attached hydrogens (primary N) is 2. The molecule has 1 heterocycles. The van der Waals surface area contributed by atoms with E-state index >= 15 is 0 Å². The van der Waals surface area contributed by atoms with Crippen LogP contribution in [0.25, 0.3) is 0 Å². The summed E-state index contributed by atoms with van der Waals surface area (Å²) in [4.78, 5) is 38.3. The van der Waals surface area contributed by atoms with Crippen molar-refractivity contribution in [1.29, 1.82) is 0 Å². The van der Waals surface area contributed by atoms with E-state index in [9.17, 15) is 29.7 Å². The Hall–Kier alpha value is -2.05. The fraction of sp³-hybridized carbons (Fsp3) is 0.667. The van der Waals surface area contributed by atoms with Gasteiger partial charge in [0.15, 0.2) is 6.04 Å². The molecule has 0 aliphatic heterocycles. The van der Waals surface area contributed by atoms with Crippen LogP contribution in [0, 0.1) is 5.92 Å². The second-order valence-corrected chi connectivity index (χ2v) is 9.93. The first-order chi connectivity index (χ1) is 15.0. The molecule has 1 aliphatic rings. The van der Waals surface area contributed by atoms with E-state index in [4.69, 9.17) is 5.73 Å². The molecule has 0 saturated heterocycles. The van der Waals surface area contributed by atoms with Crippen LogP contribution in [0.4, 0.5) is 0 Å². The van der Waals surface area contributed by atoms with Crippen LogP contribution in [0.3, 0.4) is 0 Å². The highest BCUT2D eigenvalue weighted by atomic mass is 32.1. The van der Waals surface area contributed by atoms with Crippen LogP contribution in [-0.2, 0) is 20.8 Å². The second kappa shape index (κ2) is 11.2. The third-order valence-electron chi connectivity index (χ3n) is 5.76. The van der Waals surface area contributed by atoms with E-state index in [1.165, 1.54) is 11.3 Å². The minimum Gasteiger partial charge on any atom is -0.390 e. The number of likely N-dealkylation sites (N-methyl/N-ethyl adjacent to an activating group) is 1. The van der Waals surface area contributed by atoms with E-state index in [1.807, 2.05) is 19.2 Å². The molecule has 0 unspecified atom stereocenters. The molecule has 1 aliphatic carbocycles. The Kier molecular flexibility index (Phi) is 9.17. The number of aliphatic hydroxyl groups excluding tert-OH is 2. The molecule has 2 rings (SSSR count). The number of aliphatic hydroxyl groups is 3. The number of hydrogen-bond donors (Lipinski definition) is 7. The maximum absolute atomic E-state index is 12.9. The summed E-state index contributed by atoms with van der Waals surface area (Å²) in [5.74, 6) is -1.73. The molecule has 0 bridgehead atoms. The van der Waals surface area contributed by atoms with Gasteiger partial charge in [0.1, 0.15) is 17.7 Å². The van der Waals surface area contributed by atoms with E-state index in [1.54, 1.807) is 24.5 Å². The molecule has 1 saturated carbocycles. The van der Waals surface area contributed by atoms with Crippen LogP contribution >= 0.6 is 11.3 Å². The normalized spacial score (nSPS) is 27.5. The number of primary amides is 1. The molecule has 1 aromatic heterocycles. The molecule has 1 fully saturated rings. The van der Waals surface area contributed by atoms with Gasteiger partial charge in [-0.15, -0.1) is 11.3 Å². The van der Waals surface area contributed by atoms with Crippen LogP contribution in [0.15, 0.2) is 17.5 Å². The molecule has 0 aromatic carbocycles. The lowest BCUT2D eigenvalue weighted by Crippen LogP contribution is -2.89. The van der Waals surface area contributed by atoms with Crippen molar-refractivity contribution in [3.05, 3.63) is 22.4 Å². The van der Waals surface area contributed by atoms with Crippen molar-refractivity contribution in [1.82, 2.24) is 10.6 Å². The summed E-state index contributed by atoms with van der Waals surface area (Å²) in [6.45, 7) is 3.97. The molecule has 3 amide bonds. The molecule has 1 aromatic rings. The highest BCUT2D eigenvalue weighted by Gasteiger charge is 2.50. The fourth-order valence-electron chi connectivity index (χ4n) is 3.96. The van der Waals surface area contributed by atoms with Gasteiger partial charge < -0.3 is 37.0 Å². The lowest BCUT2D eigenvalue weighted by molar-refractivity contribution is -0.651. The lowest BCUT2D eigenvalue weighted by Gasteiger charge is -2.42. The van der Waals surface area contributed by atoms with Gasteiger partial charge in [-0.25, -0.2) is 0 Å². The average molecular weight is 472 g/mol. The highest BCUT2D eigenvalue weighted by Crippen LogP contribution is 2.30. The molecule has 180 valence electrons. The molecule has 10 nitrogen and oxygen atoms in total. The molecule has 11 heteroatoms. The SMILES string of the molecule is C[NH2+][C@@H](CC(C)C)C(=O)N[C@H]1C[C@@](O)(C(=O)N[C@@H](Cc2cccs2)C(N)=O)C[C@@H](O)[C@@H]1O. The van der Waals surface area contributed by atoms with Gasteiger partial charge in [-0.1, -0.05) is 19.9 Å². The Bertz CT molecular complexity index is 789. The van der Waals surface area contributed by atoms with Gasteiger partial charge in [0.05, 0.1) is 19.2 Å². The number of rotatable bonds is 10. The zero-order valence-corrected chi connectivity index (χ0v) is 19.5. The van der Waals surface area contributed by atoms with Crippen molar-refractivity contribution in [2.45, 2.75) is 75.5 Å². The van der Waals surface area contributed by atoms with Crippen molar-refractivity contribution < 1.29 is 35.0 Å². The predicted molar refractivity (Wildman–Crippen MR) is 118 cm³/mol. The lowest BCUT2D eigenvalue weighted by atomic mass is 9.77. The zero-order valence-electron chi connectivity index (χ0n) is 18.7. The van der Waals surface area contributed by atoms with Crippen LogP contribution in [0.5, 0.6) is 0 Å². The Labute approximate surface area is 191 Å². The quantitative estimate of drug-likeness (QED) is 0.200. The average Bonchev–Trinajstić information content (AvgIpc) is 3.22. The van der Waals surface area contributed by atoms with Crippen LogP contribution in [0.1, 0.15) is 38.0 Å². The highest BCUT2D eigenvalue weighted by molar-refractivity contribution is 7.09. The van der Waals surface area contributed by atoms with Crippen LogP contribution < -0.4 is 21.7 Å². The van der Waals surface area contributed by atoms with Crippen LogP contribution in [-0.4, -0.2) is 76.0 Å². The van der Waals surface area contributed by atoms with Gasteiger partial charge in [0.25, 0.3) is 11.8 Å². The van der Waals surface area contributed by atoms with Gasteiger partial charge in [-0.3, -0.25) is 14.4 Å². The summed E-state index contributed by atoms with van der Waals surface area (Å²) >= 11 is 1.40. The van der Waals surface area contributed by atoms with Gasteiger partial charge >= 0.3 is 0 Å². The molecule has 32 heavy (non-hydrogen) atoms. The standard InChI is InChI=1S/C21H34N4O6S/c1-11(2)7-14(23-3)19(29)24-15-9-21(31,10-16(26)17(15)27)20(30)25-13(18(22)28)8-12-5-4-6-32-12/h4-6,11,13-17,23,26-27,31H,7-10H2,1-3H3,(H2,22,28)(H,24,29)(H,25,30)/p+1/t13-,14-,15-,16+,17+,21-/m0/s1. The van der Waals surface area contributed by atoms with Crippen molar-refractivity contribution in [3.63, 3.8) is 0 Å². The number of carbonyl (C=O) groups excluding carboxylic acids is 3. The number of thiophene rings is 1. The molecule has 9 N–H and O–H groups in total. The fourth-order valence-corrected chi connectivity index (χ4v) is 4.71. The maximum Gasteiger partial charge on any atom is 0.278 e. The number of hydrogen-bond acceptors (Lipinski definition) is 7. The van der Waals surface area contributed by atoms with Crippen molar-refractivity contribution >= 4 is 29.1 Å². The van der Waals surface area contributed by atoms with Crippen LogP contribution in [0.2, 0.25) is 0 Å². The summed E-state index contributed by atoms with van der Waals surface area (Å²) in [5, 5.41) is 40.4. The summed E-state index contributed by atoms with van der Waals surface area (Å²) in [6.07, 6.45) is -2.77. The van der Waals surface area contributed by atoms with E-state index in [0.717, 1.165) is 4.88 Å². The predicted octanol–water partition coefficient (Wildman–Crippen LogP) is -2.40. The summed E-state index contributed by atoms with van der Waals surface area (Å²) in [5.41, 5.74) is 3.33. The molecule has 0 radical (unpaired) electrons. The summed E-state index contributed by atoms with van der Waals surface area (Å²) in [6, 6.07) is 1.10. The monoisotopic (exact) mass is 471 g/mol. The van der Waals surface area contributed by atoms with Gasteiger partial charge in [-0.05, 0) is 17.4 Å². The van der Waals surface area contributed by atoms with Gasteiger partial charge in [0, 0.05) is 30.6 Å². The Morgan fingerprint density at radius 3 is 2.53 bits per heavy atom. The first-order valence-corrected chi connectivity index (χ1v) is 11.7. The minimum atomic E-state index is -2.09. The number of quaternary nitrogens is 1. The second-order valence-electron chi connectivity index (χ2n) is 8.89. The van der Waals surface area contributed by atoms with Gasteiger partial charge in [-0.2, -0.15) is 0 Å². The molecule has 0 spiro atoms. The van der Waals surface area contributed by atoms with E-state index in [0.29, 0.717) is 6.42 Å². The number of nitrogens with one attached hydrogen (secondary N) is 2. The molecule has 6 atom stereocenters. The summed E-state index contributed by atoms with van der Waals surface area (Å²) < 4.78 is 0. The maximum atomic E-state index is 12.9. The third-order valence-corrected chi connectivity index (χ3v) is 6.66. The number of carbonyl (C=O) groups is 3. The van der Waals surface area contributed by atoms with E-state index < -0.39 is 54.2 Å². The molecular formula is C21H35N4O6S+. The van der Waals surface area contributed by atoms with Crippen molar-refractivity contribution in [2.24, 2.45) is 11.7 Å².